The first-order chi connectivity index (χ1) is 15.0. The third kappa shape index (κ3) is 3.54. The molecule has 1 aliphatic carbocycles. The second-order valence-corrected chi connectivity index (χ2v) is 8.83. The molecule has 2 aromatic heterocycles. The van der Waals surface area contributed by atoms with Crippen LogP contribution in [0.1, 0.15) is 23.7 Å². The van der Waals surface area contributed by atoms with E-state index in [4.69, 9.17) is 22.4 Å². The Morgan fingerprint density at radius 3 is 2.74 bits per heavy atom. The summed E-state index contributed by atoms with van der Waals surface area (Å²) in [6, 6.07) is 16.0. The van der Waals surface area contributed by atoms with Gasteiger partial charge in [0.25, 0.3) is 0 Å². The number of benzene rings is 2. The van der Waals surface area contributed by atoms with Gasteiger partial charge in [-0.15, -0.1) is 0 Å². The zero-order valence-corrected chi connectivity index (χ0v) is 18.4. The van der Waals surface area contributed by atoms with Crippen LogP contribution >= 0.6 is 22.9 Å². The molecule has 31 heavy (non-hydrogen) atoms. The smallest absolute Gasteiger partial charge is 0.223 e. The molecule has 0 saturated carbocycles. The molecule has 5 rings (SSSR count). The number of halogens is 1. The van der Waals surface area contributed by atoms with Crippen LogP contribution in [0.25, 0.3) is 27.5 Å². The number of hydrogen-bond acceptors (Lipinski definition) is 5. The van der Waals surface area contributed by atoms with E-state index in [1.54, 1.807) is 0 Å². The van der Waals surface area contributed by atoms with Crippen LogP contribution in [0.4, 0.5) is 5.13 Å². The standard InChI is InChI=1S/C23H20ClN5OS/c1-13(30)26-23-27-18-9-8-16-20(15-5-3-2-4-6-15)28-29(21(16)22(18)31-23)19-10-7-14(12-25)11-17(19)24/h2-7,10-11H,8-9,12,25H2,1H3,(H,26,27,30). The van der Waals surface area contributed by atoms with Gasteiger partial charge in [-0.2, -0.15) is 5.10 Å². The molecular weight excluding hydrogens is 430 g/mol. The highest BCUT2D eigenvalue weighted by atomic mass is 35.5. The largest absolute Gasteiger partial charge is 0.326 e. The van der Waals surface area contributed by atoms with Crippen molar-refractivity contribution < 1.29 is 4.79 Å². The van der Waals surface area contributed by atoms with E-state index in [-0.39, 0.29) is 5.91 Å². The summed E-state index contributed by atoms with van der Waals surface area (Å²) in [5.74, 6) is -0.134. The number of aromatic nitrogens is 3. The number of carbonyl (C=O) groups excluding carboxylic acids is 1. The van der Waals surface area contributed by atoms with Crippen LogP contribution in [0.3, 0.4) is 0 Å². The summed E-state index contributed by atoms with van der Waals surface area (Å²) < 4.78 is 1.91. The Kier molecular flexibility index (Phi) is 5.09. The molecule has 0 saturated heterocycles. The maximum absolute atomic E-state index is 11.6. The summed E-state index contributed by atoms with van der Waals surface area (Å²) in [6.07, 6.45) is 1.61. The minimum Gasteiger partial charge on any atom is -0.326 e. The van der Waals surface area contributed by atoms with Gasteiger partial charge in [-0.3, -0.25) is 4.79 Å². The first-order valence-electron chi connectivity index (χ1n) is 9.99. The van der Waals surface area contributed by atoms with Crippen molar-refractivity contribution in [1.82, 2.24) is 14.8 Å². The summed E-state index contributed by atoms with van der Waals surface area (Å²) in [7, 11) is 0. The first kappa shape index (κ1) is 19.9. The molecule has 3 N–H and O–H groups in total. The number of amides is 1. The van der Waals surface area contributed by atoms with Gasteiger partial charge >= 0.3 is 0 Å². The molecule has 0 aliphatic heterocycles. The second kappa shape index (κ2) is 7.92. The molecule has 0 bridgehead atoms. The monoisotopic (exact) mass is 449 g/mol. The molecule has 156 valence electrons. The molecule has 6 nitrogen and oxygen atoms in total. The normalized spacial score (nSPS) is 12.4. The highest BCUT2D eigenvalue weighted by Crippen LogP contribution is 2.44. The molecule has 2 heterocycles. The van der Waals surface area contributed by atoms with E-state index in [0.717, 1.165) is 57.2 Å². The lowest BCUT2D eigenvalue weighted by Crippen LogP contribution is -2.07. The van der Waals surface area contributed by atoms with Crippen molar-refractivity contribution in [1.29, 1.82) is 0 Å². The Balaban J connectivity index is 1.75. The van der Waals surface area contributed by atoms with Crippen LogP contribution in [0, 0.1) is 0 Å². The molecule has 0 spiro atoms. The maximum atomic E-state index is 11.6. The van der Waals surface area contributed by atoms with Gasteiger partial charge < -0.3 is 11.1 Å². The van der Waals surface area contributed by atoms with Crippen molar-refractivity contribution in [3.05, 3.63) is 70.4 Å². The zero-order chi connectivity index (χ0) is 21.5. The van der Waals surface area contributed by atoms with Gasteiger partial charge in [-0.25, -0.2) is 9.67 Å². The lowest BCUT2D eigenvalue weighted by molar-refractivity contribution is -0.114. The van der Waals surface area contributed by atoms with E-state index in [1.165, 1.54) is 18.3 Å². The number of thiazole rings is 1. The molecule has 1 aliphatic rings. The number of aryl methyl sites for hydroxylation is 1. The Labute approximate surface area is 188 Å². The average Bonchev–Trinajstić information content (AvgIpc) is 3.34. The molecule has 0 unspecified atom stereocenters. The fourth-order valence-electron chi connectivity index (χ4n) is 3.93. The summed E-state index contributed by atoms with van der Waals surface area (Å²) in [5.41, 5.74) is 12.6. The maximum Gasteiger partial charge on any atom is 0.223 e. The third-order valence-electron chi connectivity index (χ3n) is 5.31. The Morgan fingerprint density at radius 2 is 2.03 bits per heavy atom. The molecule has 1 amide bonds. The van der Waals surface area contributed by atoms with Crippen LogP contribution in [0.15, 0.2) is 48.5 Å². The predicted octanol–water partition coefficient (Wildman–Crippen LogP) is 4.83. The number of rotatable bonds is 4. The van der Waals surface area contributed by atoms with E-state index in [2.05, 4.69) is 22.4 Å². The van der Waals surface area contributed by atoms with Crippen LogP contribution in [0.2, 0.25) is 5.02 Å². The van der Waals surface area contributed by atoms with Crippen molar-refractivity contribution in [3.8, 4) is 27.5 Å². The Morgan fingerprint density at radius 1 is 1.23 bits per heavy atom. The van der Waals surface area contributed by atoms with E-state index in [1.807, 2.05) is 41.1 Å². The van der Waals surface area contributed by atoms with Crippen molar-refractivity contribution in [3.63, 3.8) is 0 Å². The highest BCUT2D eigenvalue weighted by Gasteiger charge is 2.30. The number of nitrogens with one attached hydrogen (secondary N) is 1. The number of nitrogens with zero attached hydrogens (tertiary/aromatic N) is 3. The minimum atomic E-state index is -0.134. The summed E-state index contributed by atoms with van der Waals surface area (Å²) in [4.78, 5) is 17.2. The fraction of sp³-hybridized carbons (Fsp3) is 0.174. The molecule has 4 aromatic rings. The summed E-state index contributed by atoms with van der Waals surface area (Å²) in [6.45, 7) is 1.91. The minimum absolute atomic E-state index is 0.134. The third-order valence-corrected chi connectivity index (χ3v) is 6.64. The van der Waals surface area contributed by atoms with E-state index in [9.17, 15) is 4.79 Å². The van der Waals surface area contributed by atoms with Crippen LogP contribution in [-0.4, -0.2) is 20.7 Å². The summed E-state index contributed by atoms with van der Waals surface area (Å²) >= 11 is 8.13. The van der Waals surface area contributed by atoms with Gasteiger partial charge in [0, 0.05) is 24.6 Å². The van der Waals surface area contributed by atoms with E-state index >= 15 is 0 Å². The van der Waals surface area contributed by atoms with Gasteiger partial charge in [0.2, 0.25) is 5.91 Å². The molecule has 8 heteroatoms. The van der Waals surface area contributed by atoms with Crippen molar-refractivity contribution in [2.45, 2.75) is 26.3 Å². The molecule has 2 aromatic carbocycles. The number of nitrogens with two attached hydrogens (primary N) is 1. The summed E-state index contributed by atoms with van der Waals surface area (Å²) in [5, 5.41) is 9.02. The number of hydrogen-bond donors (Lipinski definition) is 2. The molecule has 0 radical (unpaired) electrons. The molecular formula is C23H20ClN5OS. The van der Waals surface area contributed by atoms with Crippen LogP contribution in [0.5, 0.6) is 0 Å². The topological polar surface area (TPSA) is 85.8 Å². The highest BCUT2D eigenvalue weighted by molar-refractivity contribution is 7.19. The number of anilines is 1. The fourth-order valence-corrected chi connectivity index (χ4v) is 5.32. The lowest BCUT2D eigenvalue weighted by Gasteiger charge is -2.15. The van der Waals surface area contributed by atoms with Crippen LogP contribution in [-0.2, 0) is 24.2 Å². The lowest BCUT2D eigenvalue weighted by atomic mass is 9.95. The number of carbonyl (C=O) groups is 1. The van der Waals surface area contributed by atoms with Gasteiger partial charge in [0.1, 0.15) is 0 Å². The van der Waals surface area contributed by atoms with Gasteiger partial charge in [0.05, 0.1) is 32.7 Å². The molecule has 0 atom stereocenters. The van der Waals surface area contributed by atoms with E-state index < -0.39 is 0 Å². The predicted molar refractivity (Wildman–Crippen MR) is 125 cm³/mol. The van der Waals surface area contributed by atoms with Crippen molar-refractivity contribution in [2.75, 3.05) is 5.32 Å². The zero-order valence-electron chi connectivity index (χ0n) is 16.9. The quantitative estimate of drug-likeness (QED) is 0.467. The van der Waals surface area contributed by atoms with Crippen LogP contribution < -0.4 is 11.1 Å². The average molecular weight is 450 g/mol. The molecule has 0 fully saturated rings. The second-order valence-electron chi connectivity index (χ2n) is 7.42. The van der Waals surface area contributed by atoms with Gasteiger partial charge in [0.15, 0.2) is 5.13 Å². The van der Waals surface area contributed by atoms with Crippen molar-refractivity contribution >= 4 is 34.0 Å². The Hall–Kier alpha value is -3.00. The van der Waals surface area contributed by atoms with Gasteiger partial charge in [-0.05, 0) is 30.5 Å². The first-order valence-corrected chi connectivity index (χ1v) is 11.2. The van der Waals surface area contributed by atoms with Gasteiger partial charge in [-0.1, -0.05) is 59.3 Å². The van der Waals surface area contributed by atoms with E-state index in [0.29, 0.717) is 16.7 Å². The Bertz CT molecular complexity index is 1300. The number of fused-ring (bicyclic) bond motifs is 3. The van der Waals surface area contributed by atoms with Crippen molar-refractivity contribution in [2.24, 2.45) is 5.73 Å². The SMILES string of the molecule is CC(=O)Nc1nc2c(s1)-c1c(c(-c3ccccc3)nn1-c1ccc(CN)cc1Cl)CC2.